The number of carbonyl (C=O) groups is 1. The lowest BCUT2D eigenvalue weighted by atomic mass is 10.0. The third-order valence-corrected chi connectivity index (χ3v) is 2.15. The van der Waals surface area contributed by atoms with Crippen LogP contribution in [0.1, 0.15) is 18.9 Å². The first kappa shape index (κ1) is 12.6. The largest absolute Gasteiger partial charge is 0.466 e. The van der Waals surface area contributed by atoms with Gasteiger partial charge in [0.25, 0.3) is 0 Å². The maximum absolute atomic E-state index is 12.6. The minimum absolute atomic E-state index is 0.186. The topological polar surface area (TPSA) is 52.3 Å². The molecule has 1 aromatic rings. The molecule has 1 atom stereocenters. The molecule has 88 valence electrons. The zero-order valence-electron chi connectivity index (χ0n) is 9.28. The van der Waals surface area contributed by atoms with Gasteiger partial charge in [-0.1, -0.05) is 12.1 Å². The summed E-state index contributed by atoms with van der Waals surface area (Å²) in [5.41, 5.74) is 6.70. The van der Waals surface area contributed by atoms with Crippen LogP contribution in [-0.2, 0) is 16.0 Å². The van der Waals surface area contributed by atoms with Crippen molar-refractivity contribution in [3.63, 3.8) is 0 Å². The summed E-state index contributed by atoms with van der Waals surface area (Å²) >= 11 is 0. The molecule has 0 saturated carbocycles. The fraction of sp³-hybridized carbons (Fsp3) is 0.417. The Bertz CT molecular complexity index is 337. The number of hydrogen-bond donors (Lipinski definition) is 1. The van der Waals surface area contributed by atoms with Crippen molar-refractivity contribution in [1.82, 2.24) is 0 Å². The highest BCUT2D eigenvalue weighted by Gasteiger charge is 2.10. The number of carbonyl (C=O) groups excluding carboxylic acids is 1. The Labute approximate surface area is 94.4 Å². The van der Waals surface area contributed by atoms with E-state index >= 15 is 0 Å². The van der Waals surface area contributed by atoms with Crippen LogP contribution in [0.25, 0.3) is 0 Å². The number of ether oxygens (including phenoxy) is 1. The summed E-state index contributed by atoms with van der Waals surface area (Å²) in [7, 11) is 0. The normalized spacial score (nSPS) is 12.2. The average Bonchev–Trinajstić information content (AvgIpc) is 2.21. The maximum Gasteiger partial charge on any atom is 0.307 e. The van der Waals surface area contributed by atoms with Crippen molar-refractivity contribution in [3.05, 3.63) is 35.6 Å². The monoisotopic (exact) mass is 225 g/mol. The summed E-state index contributed by atoms with van der Waals surface area (Å²) in [6, 6.07) is 5.81. The predicted octanol–water partition coefficient (Wildman–Crippen LogP) is 1.65. The molecule has 3 nitrogen and oxygen atoms in total. The Morgan fingerprint density at radius 2 is 2.06 bits per heavy atom. The van der Waals surface area contributed by atoms with Crippen molar-refractivity contribution in [2.24, 2.45) is 5.73 Å². The fourth-order valence-corrected chi connectivity index (χ4v) is 1.43. The molecule has 0 bridgehead atoms. The second-order valence-electron chi connectivity index (χ2n) is 3.60. The van der Waals surface area contributed by atoms with Gasteiger partial charge in [0.05, 0.1) is 13.0 Å². The number of hydrogen-bond acceptors (Lipinski definition) is 3. The predicted molar refractivity (Wildman–Crippen MR) is 59.3 cm³/mol. The zero-order valence-corrected chi connectivity index (χ0v) is 9.28. The van der Waals surface area contributed by atoms with Gasteiger partial charge in [0.1, 0.15) is 5.82 Å². The standard InChI is InChI=1S/C12H16FNO2/c1-2-16-12(15)8-11(14)7-9-3-5-10(13)6-4-9/h3-6,11H,2,7-8,14H2,1H3/t11-/m0/s1. The third kappa shape index (κ3) is 4.40. The first-order valence-corrected chi connectivity index (χ1v) is 5.27. The molecule has 0 amide bonds. The van der Waals surface area contributed by atoms with E-state index in [0.717, 1.165) is 5.56 Å². The number of benzene rings is 1. The highest BCUT2D eigenvalue weighted by Crippen LogP contribution is 2.07. The van der Waals surface area contributed by atoms with E-state index < -0.39 is 0 Å². The highest BCUT2D eigenvalue weighted by molar-refractivity contribution is 5.70. The van der Waals surface area contributed by atoms with E-state index in [0.29, 0.717) is 13.0 Å². The molecule has 0 unspecified atom stereocenters. The lowest BCUT2D eigenvalue weighted by molar-refractivity contribution is -0.143. The van der Waals surface area contributed by atoms with Crippen LogP contribution in [0.3, 0.4) is 0 Å². The molecular weight excluding hydrogens is 209 g/mol. The molecule has 0 spiro atoms. The van der Waals surface area contributed by atoms with Crippen molar-refractivity contribution in [2.75, 3.05) is 6.61 Å². The summed E-state index contributed by atoms with van der Waals surface area (Å²) in [5.74, 6) is -0.570. The van der Waals surface area contributed by atoms with Gasteiger partial charge in [-0.15, -0.1) is 0 Å². The number of halogens is 1. The molecule has 1 rings (SSSR count). The Hall–Kier alpha value is -1.42. The van der Waals surface area contributed by atoms with E-state index in [1.54, 1.807) is 19.1 Å². The second-order valence-corrected chi connectivity index (χ2v) is 3.60. The second kappa shape index (κ2) is 6.23. The quantitative estimate of drug-likeness (QED) is 0.775. The smallest absolute Gasteiger partial charge is 0.307 e. The molecule has 0 heterocycles. The molecule has 2 N–H and O–H groups in total. The van der Waals surface area contributed by atoms with E-state index in [2.05, 4.69) is 0 Å². The van der Waals surface area contributed by atoms with Crippen LogP contribution < -0.4 is 5.73 Å². The summed E-state index contributed by atoms with van der Waals surface area (Å²) < 4.78 is 17.4. The van der Waals surface area contributed by atoms with Gasteiger partial charge < -0.3 is 10.5 Å². The van der Waals surface area contributed by atoms with Gasteiger partial charge in [0, 0.05) is 6.04 Å². The van der Waals surface area contributed by atoms with Crippen molar-refractivity contribution in [3.8, 4) is 0 Å². The van der Waals surface area contributed by atoms with Crippen molar-refractivity contribution >= 4 is 5.97 Å². The van der Waals surface area contributed by atoms with Gasteiger partial charge in [-0.3, -0.25) is 4.79 Å². The van der Waals surface area contributed by atoms with Gasteiger partial charge in [-0.25, -0.2) is 4.39 Å². The minimum Gasteiger partial charge on any atom is -0.466 e. The molecule has 16 heavy (non-hydrogen) atoms. The van der Waals surface area contributed by atoms with Gasteiger partial charge in [-0.05, 0) is 31.0 Å². The molecule has 4 heteroatoms. The average molecular weight is 225 g/mol. The van der Waals surface area contributed by atoms with Crippen molar-refractivity contribution in [1.29, 1.82) is 0 Å². The Balaban J connectivity index is 2.42. The van der Waals surface area contributed by atoms with Crippen LogP contribution in [0, 0.1) is 5.82 Å². The van der Waals surface area contributed by atoms with E-state index in [9.17, 15) is 9.18 Å². The van der Waals surface area contributed by atoms with Gasteiger partial charge in [0.2, 0.25) is 0 Å². The van der Waals surface area contributed by atoms with Crippen LogP contribution in [0.15, 0.2) is 24.3 Å². The first-order chi connectivity index (χ1) is 7.61. The van der Waals surface area contributed by atoms with Crippen molar-refractivity contribution in [2.45, 2.75) is 25.8 Å². The lowest BCUT2D eigenvalue weighted by Gasteiger charge is -2.10. The van der Waals surface area contributed by atoms with Crippen LogP contribution in [-0.4, -0.2) is 18.6 Å². The Morgan fingerprint density at radius 1 is 1.44 bits per heavy atom. The van der Waals surface area contributed by atoms with E-state index in [1.807, 2.05) is 0 Å². The zero-order chi connectivity index (χ0) is 12.0. The van der Waals surface area contributed by atoms with E-state index in [4.69, 9.17) is 10.5 Å². The molecule has 0 fully saturated rings. The van der Waals surface area contributed by atoms with Crippen LogP contribution in [0.5, 0.6) is 0 Å². The summed E-state index contributed by atoms with van der Waals surface area (Å²) in [5, 5.41) is 0. The fourth-order valence-electron chi connectivity index (χ4n) is 1.43. The van der Waals surface area contributed by atoms with Crippen LogP contribution >= 0.6 is 0 Å². The molecule has 0 aliphatic rings. The van der Waals surface area contributed by atoms with Crippen LogP contribution in [0.4, 0.5) is 4.39 Å². The first-order valence-electron chi connectivity index (χ1n) is 5.27. The van der Waals surface area contributed by atoms with Gasteiger partial charge in [0.15, 0.2) is 0 Å². The maximum atomic E-state index is 12.6. The Kier molecular flexibility index (Phi) is 4.92. The Morgan fingerprint density at radius 3 is 2.62 bits per heavy atom. The molecular formula is C12H16FNO2. The summed E-state index contributed by atoms with van der Waals surface area (Å²) in [6.45, 7) is 2.12. The van der Waals surface area contributed by atoms with Gasteiger partial charge >= 0.3 is 5.97 Å². The molecule has 0 aliphatic carbocycles. The summed E-state index contributed by atoms with van der Waals surface area (Å²) in [6.07, 6.45) is 0.726. The molecule has 0 saturated heterocycles. The lowest BCUT2D eigenvalue weighted by Crippen LogP contribution is -2.27. The SMILES string of the molecule is CCOC(=O)C[C@@H](N)Cc1ccc(F)cc1. The number of nitrogens with two attached hydrogens (primary N) is 1. The van der Waals surface area contributed by atoms with E-state index in [1.165, 1.54) is 12.1 Å². The van der Waals surface area contributed by atoms with Crippen LogP contribution in [0.2, 0.25) is 0 Å². The summed E-state index contributed by atoms with van der Waals surface area (Å²) in [4.78, 5) is 11.1. The van der Waals surface area contributed by atoms with E-state index in [-0.39, 0.29) is 24.2 Å². The molecule has 0 aromatic heterocycles. The molecule has 0 radical (unpaired) electrons. The van der Waals surface area contributed by atoms with Crippen molar-refractivity contribution < 1.29 is 13.9 Å². The molecule has 0 aliphatic heterocycles. The highest BCUT2D eigenvalue weighted by atomic mass is 19.1. The van der Waals surface area contributed by atoms with Gasteiger partial charge in [-0.2, -0.15) is 0 Å². The minimum atomic E-state index is -0.294. The molecule has 1 aromatic carbocycles. The third-order valence-electron chi connectivity index (χ3n) is 2.15. The number of rotatable bonds is 5. The number of esters is 1.